The molecular weight excluding hydrogens is 342 g/mol. The Morgan fingerprint density at radius 3 is 2.68 bits per heavy atom. The Morgan fingerprint density at radius 1 is 1.24 bits per heavy atom. The second kappa shape index (κ2) is 9.66. The van der Waals surface area contributed by atoms with Crippen LogP contribution in [0.4, 0.5) is 0 Å². The molecule has 7 nitrogen and oxygen atoms in total. The van der Waals surface area contributed by atoms with Crippen molar-refractivity contribution in [3.8, 4) is 0 Å². The van der Waals surface area contributed by atoms with E-state index in [1.165, 1.54) is 12.8 Å². The van der Waals surface area contributed by atoms with E-state index in [0.29, 0.717) is 25.7 Å². The van der Waals surface area contributed by atoms with Crippen LogP contribution < -0.4 is 0 Å². The van der Waals surface area contributed by atoms with Gasteiger partial charge < -0.3 is 14.0 Å². The lowest BCUT2D eigenvalue weighted by Crippen LogP contribution is -2.40. The van der Waals surface area contributed by atoms with E-state index in [0.717, 1.165) is 31.7 Å². The van der Waals surface area contributed by atoms with Crippen molar-refractivity contribution < 1.29 is 17.9 Å². The first kappa shape index (κ1) is 20.4. The van der Waals surface area contributed by atoms with E-state index in [2.05, 4.69) is 9.88 Å². The van der Waals surface area contributed by atoms with Crippen LogP contribution in [0.15, 0.2) is 11.4 Å². The third kappa shape index (κ3) is 5.26. The molecule has 2 rings (SSSR count). The van der Waals surface area contributed by atoms with Gasteiger partial charge in [-0.2, -0.15) is 0 Å². The summed E-state index contributed by atoms with van der Waals surface area (Å²) >= 11 is 0. The molecule has 0 aliphatic carbocycles. The van der Waals surface area contributed by atoms with Gasteiger partial charge in [0.25, 0.3) is 0 Å². The Balaban J connectivity index is 2.22. The molecule has 1 aromatic rings. The van der Waals surface area contributed by atoms with Crippen molar-refractivity contribution in [1.29, 1.82) is 0 Å². The molecule has 1 fully saturated rings. The van der Waals surface area contributed by atoms with E-state index in [9.17, 15) is 8.42 Å². The Labute approximate surface area is 151 Å². The number of imidazole rings is 1. The smallest absolute Gasteiger partial charge is 0.227 e. The lowest BCUT2D eigenvalue weighted by atomic mass is 9.99. The summed E-state index contributed by atoms with van der Waals surface area (Å²) < 4.78 is 36.9. The van der Waals surface area contributed by atoms with Crippen molar-refractivity contribution in [2.75, 3.05) is 39.7 Å². The minimum absolute atomic E-state index is 0.0522. The van der Waals surface area contributed by atoms with Crippen molar-refractivity contribution in [3.05, 3.63) is 11.9 Å². The molecule has 0 amide bonds. The van der Waals surface area contributed by atoms with E-state index >= 15 is 0 Å². The molecule has 25 heavy (non-hydrogen) atoms. The average Bonchev–Trinajstić information content (AvgIpc) is 3.02. The highest BCUT2D eigenvalue weighted by atomic mass is 32.2. The van der Waals surface area contributed by atoms with Crippen LogP contribution in [0, 0.1) is 0 Å². The normalized spacial score (nSPS) is 19.4. The van der Waals surface area contributed by atoms with Gasteiger partial charge in [-0.3, -0.25) is 4.90 Å². The molecule has 0 spiro atoms. The summed E-state index contributed by atoms with van der Waals surface area (Å²) in [6, 6.07) is 0.478. The van der Waals surface area contributed by atoms with Crippen molar-refractivity contribution >= 4 is 9.84 Å². The minimum Gasteiger partial charge on any atom is -0.385 e. The first-order chi connectivity index (χ1) is 12.0. The number of methoxy groups -OCH3 is 2. The second-order valence-electron chi connectivity index (χ2n) is 6.48. The predicted molar refractivity (Wildman–Crippen MR) is 96.4 cm³/mol. The van der Waals surface area contributed by atoms with Crippen LogP contribution in [0.25, 0.3) is 0 Å². The number of rotatable bonds is 10. The molecule has 1 aliphatic heterocycles. The van der Waals surface area contributed by atoms with Crippen molar-refractivity contribution in [2.45, 2.75) is 56.9 Å². The third-order valence-electron chi connectivity index (χ3n) is 4.85. The molecule has 0 saturated carbocycles. The zero-order valence-corrected chi connectivity index (χ0v) is 16.4. The van der Waals surface area contributed by atoms with Gasteiger partial charge >= 0.3 is 0 Å². The van der Waals surface area contributed by atoms with Crippen LogP contribution in [0.3, 0.4) is 0 Å². The van der Waals surface area contributed by atoms with E-state index < -0.39 is 9.84 Å². The van der Waals surface area contributed by atoms with E-state index in [-0.39, 0.29) is 10.9 Å². The van der Waals surface area contributed by atoms with Gasteiger partial charge in [0.15, 0.2) is 0 Å². The molecule has 0 bridgehead atoms. The molecule has 144 valence electrons. The maximum absolute atomic E-state index is 12.3. The molecule has 0 radical (unpaired) electrons. The summed E-state index contributed by atoms with van der Waals surface area (Å²) in [6.07, 6.45) is 6.29. The highest BCUT2D eigenvalue weighted by Gasteiger charge is 2.26. The average molecular weight is 374 g/mol. The Morgan fingerprint density at radius 2 is 2.00 bits per heavy atom. The maximum atomic E-state index is 12.3. The molecule has 2 heterocycles. The number of likely N-dealkylation sites (tertiary alicyclic amines) is 1. The van der Waals surface area contributed by atoms with Gasteiger partial charge in [0, 0.05) is 40.0 Å². The van der Waals surface area contributed by atoms with Gasteiger partial charge in [-0.05, 0) is 25.8 Å². The fourth-order valence-electron chi connectivity index (χ4n) is 3.37. The molecule has 0 aromatic carbocycles. The lowest BCUT2D eigenvalue weighted by Gasteiger charge is -2.35. The summed E-state index contributed by atoms with van der Waals surface area (Å²) in [7, 11) is 0.00290. The number of hydrogen-bond donors (Lipinski definition) is 0. The van der Waals surface area contributed by atoms with Crippen LogP contribution in [0.5, 0.6) is 0 Å². The largest absolute Gasteiger partial charge is 0.385 e. The predicted octanol–water partition coefficient (Wildman–Crippen LogP) is 1.71. The third-order valence-corrected chi connectivity index (χ3v) is 6.49. The summed E-state index contributed by atoms with van der Waals surface area (Å²) in [6.45, 7) is 5.10. The van der Waals surface area contributed by atoms with Gasteiger partial charge in [0.05, 0.1) is 24.3 Å². The van der Waals surface area contributed by atoms with Crippen LogP contribution in [-0.2, 0) is 32.4 Å². The van der Waals surface area contributed by atoms with Gasteiger partial charge in [0.1, 0.15) is 0 Å². The number of aromatic nitrogens is 2. The maximum Gasteiger partial charge on any atom is 0.227 e. The monoisotopic (exact) mass is 373 g/mol. The standard InChI is InChI=1S/C17H31N3O4S/c1-4-25(21,22)17-18-13-16(20(17)10-12-24-3)14-19-9-6-5-7-15(19)8-11-23-2/h13,15H,4-12,14H2,1-3H3/t15-/m1/s1. The molecule has 8 heteroatoms. The van der Waals surface area contributed by atoms with Crippen molar-refractivity contribution in [2.24, 2.45) is 0 Å². The van der Waals surface area contributed by atoms with Gasteiger partial charge in [0.2, 0.25) is 15.0 Å². The molecule has 1 saturated heterocycles. The lowest BCUT2D eigenvalue weighted by molar-refractivity contribution is 0.0945. The van der Waals surface area contributed by atoms with E-state index in [4.69, 9.17) is 9.47 Å². The first-order valence-electron chi connectivity index (χ1n) is 9.02. The van der Waals surface area contributed by atoms with Crippen LogP contribution in [0.1, 0.15) is 38.3 Å². The fourth-order valence-corrected chi connectivity index (χ4v) is 4.39. The van der Waals surface area contributed by atoms with Crippen LogP contribution >= 0.6 is 0 Å². The SMILES string of the molecule is CCS(=O)(=O)c1ncc(CN2CCCC[C@@H]2CCOC)n1CCOC. The van der Waals surface area contributed by atoms with Gasteiger partial charge in [-0.1, -0.05) is 13.3 Å². The van der Waals surface area contributed by atoms with Gasteiger partial charge in [-0.25, -0.2) is 13.4 Å². The molecular formula is C17H31N3O4S. The topological polar surface area (TPSA) is 73.7 Å². The highest BCUT2D eigenvalue weighted by Crippen LogP contribution is 2.23. The van der Waals surface area contributed by atoms with Crippen molar-refractivity contribution in [3.63, 3.8) is 0 Å². The molecule has 0 N–H and O–H groups in total. The Bertz CT molecular complexity index is 630. The number of sulfone groups is 1. The zero-order valence-electron chi connectivity index (χ0n) is 15.6. The zero-order chi connectivity index (χ0) is 18.3. The Hall–Kier alpha value is -0.960. The van der Waals surface area contributed by atoms with Gasteiger partial charge in [-0.15, -0.1) is 0 Å². The molecule has 0 unspecified atom stereocenters. The highest BCUT2D eigenvalue weighted by molar-refractivity contribution is 7.91. The van der Waals surface area contributed by atoms with Crippen LogP contribution in [-0.4, -0.2) is 68.6 Å². The summed E-state index contributed by atoms with van der Waals surface area (Å²) in [5, 5.41) is 0.160. The van der Waals surface area contributed by atoms with Crippen molar-refractivity contribution in [1.82, 2.24) is 14.5 Å². The molecule has 1 aliphatic rings. The Kier molecular flexibility index (Phi) is 7.86. The minimum atomic E-state index is -3.35. The van der Waals surface area contributed by atoms with E-state index in [1.807, 2.05) is 4.57 Å². The first-order valence-corrected chi connectivity index (χ1v) is 10.7. The number of nitrogens with zero attached hydrogens (tertiary/aromatic N) is 3. The second-order valence-corrected chi connectivity index (χ2v) is 8.65. The summed E-state index contributed by atoms with van der Waals surface area (Å²) in [5.74, 6) is 0.0522. The fraction of sp³-hybridized carbons (Fsp3) is 0.824. The summed E-state index contributed by atoms with van der Waals surface area (Å²) in [4.78, 5) is 6.67. The quantitative estimate of drug-likeness (QED) is 0.622. The number of piperidine rings is 1. The summed E-state index contributed by atoms with van der Waals surface area (Å²) in [5.41, 5.74) is 0.938. The van der Waals surface area contributed by atoms with E-state index in [1.54, 1.807) is 27.3 Å². The number of hydrogen-bond acceptors (Lipinski definition) is 6. The number of ether oxygens (including phenoxy) is 2. The van der Waals surface area contributed by atoms with Crippen LogP contribution in [0.2, 0.25) is 0 Å². The molecule has 1 aromatic heterocycles. The molecule has 1 atom stereocenters.